The Labute approximate surface area is 191 Å². The summed E-state index contributed by atoms with van der Waals surface area (Å²) in [5.41, 5.74) is 3.36. The minimum absolute atomic E-state index is 0.117. The third-order valence-electron chi connectivity index (χ3n) is 5.63. The molecular formula is C26H25FN2O4. The van der Waals surface area contributed by atoms with E-state index < -0.39 is 11.9 Å². The molecule has 0 fully saturated rings. The molecule has 4 rings (SSSR count). The second-order valence-corrected chi connectivity index (χ2v) is 7.68. The fourth-order valence-corrected chi connectivity index (χ4v) is 3.91. The van der Waals surface area contributed by atoms with Gasteiger partial charge in [-0.2, -0.15) is 0 Å². The lowest BCUT2D eigenvalue weighted by Gasteiger charge is -2.18. The molecular weight excluding hydrogens is 423 g/mol. The average Bonchev–Trinajstić information content (AvgIpc) is 3.25. The number of carbonyl (C=O) groups is 1. The molecule has 4 aromatic rings. The van der Waals surface area contributed by atoms with Crippen molar-refractivity contribution in [2.24, 2.45) is 0 Å². The van der Waals surface area contributed by atoms with Crippen molar-refractivity contribution in [1.82, 2.24) is 10.3 Å². The van der Waals surface area contributed by atoms with E-state index in [1.807, 2.05) is 30.5 Å². The van der Waals surface area contributed by atoms with E-state index in [2.05, 4.69) is 10.3 Å². The van der Waals surface area contributed by atoms with Crippen LogP contribution in [0.4, 0.5) is 4.39 Å². The smallest absolute Gasteiger partial charge is 0.252 e. The third kappa shape index (κ3) is 4.68. The first-order chi connectivity index (χ1) is 16.0. The Morgan fingerprint density at radius 3 is 2.64 bits per heavy atom. The number of halogens is 1. The van der Waals surface area contributed by atoms with Crippen molar-refractivity contribution < 1.29 is 23.8 Å². The Morgan fingerprint density at radius 1 is 1.09 bits per heavy atom. The molecule has 1 heterocycles. The summed E-state index contributed by atoms with van der Waals surface area (Å²) in [4.78, 5) is 16.4. The van der Waals surface area contributed by atoms with Gasteiger partial charge in [0.05, 0.1) is 26.9 Å². The lowest BCUT2D eigenvalue weighted by atomic mass is 9.97. The van der Waals surface area contributed by atoms with Crippen molar-refractivity contribution in [1.29, 1.82) is 0 Å². The Bertz CT molecular complexity index is 1280. The van der Waals surface area contributed by atoms with Gasteiger partial charge in [-0.25, -0.2) is 4.39 Å². The lowest BCUT2D eigenvalue weighted by Crippen LogP contribution is -2.39. The van der Waals surface area contributed by atoms with Gasteiger partial charge in [0.2, 0.25) is 0 Å². The van der Waals surface area contributed by atoms with Crippen molar-refractivity contribution in [2.75, 3.05) is 20.8 Å². The van der Waals surface area contributed by atoms with E-state index in [1.54, 1.807) is 24.3 Å². The number of benzene rings is 3. The Hall–Kier alpha value is -3.84. The predicted molar refractivity (Wildman–Crippen MR) is 125 cm³/mol. The van der Waals surface area contributed by atoms with Gasteiger partial charge in [-0.05, 0) is 59.5 Å². The Balaban J connectivity index is 1.62. The summed E-state index contributed by atoms with van der Waals surface area (Å²) in [6.07, 6.45) is 2.34. The van der Waals surface area contributed by atoms with Crippen LogP contribution in [-0.4, -0.2) is 42.9 Å². The molecule has 0 aliphatic rings. The van der Waals surface area contributed by atoms with Crippen LogP contribution < -0.4 is 14.8 Å². The van der Waals surface area contributed by atoms with Crippen LogP contribution >= 0.6 is 0 Å². The van der Waals surface area contributed by atoms with Gasteiger partial charge in [0.1, 0.15) is 5.75 Å². The summed E-state index contributed by atoms with van der Waals surface area (Å²) in [5, 5.41) is 13.9. The Kier molecular flexibility index (Phi) is 6.60. The maximum Gasteiger partial charge on any atom is 0.252 e. The highest BCUT2D eigenvalue weighted by molar-refractivity contribution is 6.01. The van der Waals surface area contributed by atoms with E-state index in [-0.39, 0.29) is 18.3 Å². The zero-order valence-electron chi connectivity index (χ0n) is 18.4. The number of carbonyl (C=O) groups excluding carboxylic acids is 1. The number of rotatable bonds is 8. The van der Waals surface area contributed by atoms with Crippen molar-refractivity contribution >= 4 is 16.8 Å². The van der Waals surface area contributed by atoms with Crippen LogP contribution in [0.5, 0.6) is 11.5 Å². The van der Waals surface area contributed by atoms with Gasteiger partial charge >= 0.3 is 0 Å². The molecule has 1 atom stereocenters. The van der Waals surface area contributed by atoms with Crippen molar-refractivity contribution in [2.45, 2.75) is 12.5 Å². The molecule has 33 heavy (non-hydrogen) atoms. The van der Waals surface area contributed by atoms with Crippen LogP contribution in [0, 0.1) is 5.82 Å². The summed E-state index contributed by atoms with van der Waals surface area (Å²) < 4.78 is 24.7. The summed E-state index contributed by atoms with van der Waals surface area (Å²) in [5.74, 6) is -0.249. The van der Waals surface area contributed by atoms with E-state index in [4.69, 9.17) is 9.47 Å². The van der Waals surface area contributed by atoms with Crippen LogP contribution in [-0.2, 0) is 6.42 Å². The molecule has 1 amide bonds. The number of amides is 1. The Morgan fingerprint density at radius 2 is 1.91 bits per heavy atom. The molecule has 0 saturated heterocycles. The molecule has 6 nitrogen and oxygen atoms in total. The van der Waals surface area contributed by atoms with Gasteiger partial charge < -0.3 is 24.9 Å². The summed E-state index contributed by atoms with van der Waals surface area (Å²) >= 11 is 0. The SMILES string of the molecule is COc1ccc(C(=O)N[C@@H](CO)Cc2c[nH]c3ccccc23)c(-c2ccc(OC)c(F)c2)c1. The number of fused-ring (bicyclic) bond motifs is 1. The van der Waals surface area contributed by atoms with E-state index in [9.17, 15) is 14.3 Å². The summed E-state index contributed by atoms with van der Waals surface area (Å²) in [6, 6.07) is 16.9. The number of H-pyrrole nitrogens is 1. The van der Waals surface area contributed by atoms with Crippen LogP contribution in [0.15, 0.2) is 66.9 Å². The number of hydrogen-bond donors (Lipinski definition) is 3. The second-order valence-electron chi connectivity index (χ2n) is 7.68. The number of aliphatic hydroxyl groups is 1. The zero-order valence-corrected chi connectivity index (χ0v) is 18.4. The van der Waals surface area contributed by atoms with Crippen molar-refractivity contribution in [3.8, 4) is 22.6 Å². The number of nitrogens with one attached hydrogen (secondary N) is 2. The largest absolute Gasteiger partial charge is 0.497 e. The minimum atomic E-state index is -0.531. The number of para-hydroxylation sites is 1. The molecule has 3 N–H and O–H groups in total. The molecule has 0 spiro atoms. The highest BCUT2D eigenvalue weighted by Crippen LogP contribution is 2.31. The molecule has 0 radical (unpaired) electrons. The highest BCUT2D eigenvalue weighted by Gasteiger charge is 2.20. The van der Waals surface area contributed by atoms with Gasteiger partial charge in [0.25, 0.3) is 5.91 Å². The van der Waals surface area contributed by atoms with Crippen molar-refractivity contribution in [3.63, 3.8) is 0 Å². The molecule has 1 aromatic heterocycles. The summed E-state index contributed by atoms with van der Waals surface area (Å²) in [6.45, 7) is -0.228. The first-order valence-electron chi connectivity index (χ1n) is 10.5. The van der Waals surface area contributed by atoms with E-state index in [0.29, 0.717) is 28.9 Å². The molecule has 0 aliphatic heterocycles. The standard InChI is InChI=1S/C26H25FN2O4/c1-32-19-8-9-21(22(13-19)16-7-10-25(33-2)23(27)12-16)26(31)29-18(15-30)11-17-14-28-24-6-4-3-5-20(17)24/h3-10,12-14,18,28,30H,11,15H2,1-2H3,(H,29,31)/t18-/m1/s1. The number of aromatic amines is 1. The fraction of sp³-hybridized carbons (Fsp3) is 0.192. The minimum Gasteiger partial charge on any atom is -0.497 e. The van der Waals surface area contributed by atoms with Crippen LogP contribution in [0.25, 0.3) is 22.0 Å². The molecule has 0 aliphatic carbocycles. The molecule has 0 unspecified atom stereocenters. The van der Waals surface area contributed by atoms with Gasteiger partial charge in [-0.1, -0.05) is 24.3 Å². The van der Waals surface area contributed by atoms with E-state index in [1.165, 1.54) is 26.4 Å². The van der Waals surface area contributed by atoms with Gasteiger partial charge in [-0.15, -0.1) is 0 Å². The zero-order chi connectivity index (χ0) is 23.4. The molecule has 7 heteroatoms. The highest BCUT2D eigenvalue weighted by atomic mass is 19.1. The van der Waals surface area contributed by atoms with Crippen LogP contribution in [0.1, 0.15) is 15.9 Å². The average molecular weight is 448 g/mol. The van der Waals surface area contributed by atoms with Gasteiger partial charge in [-0.3, -0.25) is 4.79 Å². The normalized spacial score (nSPS) is 11.9. The van der Waals surface area contributed by atoms with E-state index in [0.717, 1.165) is 16.5 Å². The summed E-state index contributed by atoms with van der Waals surface area (Å²) in [7, 11) is 2.92. The maximum atomic E-state index is 14.4. The number of ether oxygens (including phenoxy) is 2. The topological polar surface area (TPSA) is 83.6 Å². The first-order valence-corrected chi connectivity index (χ1v) is 10.5. The second kappa shape index (κ2) is 9.75. The van der Waals surface area contributed by atoms with Crippen LogP contribution in [0.2, 0.25) is 0 Å². The third-order valence-corrected chi connectivity index (χ3v) is 5.63. The first kappa shape index (κ1) is 22.4. The fourth-order valence-electron chi connectivity index (χ4n) is 3.91. The number of aliphatic hydroxyl groups excluding tert-OH is 1. The molecule has 0 saturated carbocycles. The van der Waals surface area contributed by atoms with Gasteiger partial charge in [0, 0.05) is 22.7 Å². The van der Waals surface area contributed by atoms with Crippen molar-refractivity contribution in [3.05, 3.63) is 83.8 Å². The van der Waals surface area contributed by atoms with E-state index >= 15 is 0 Å². The van der Waals surface area contributed by atoms with Crippen LogP contribution in [0.3, 0.4) is 0 Å². The quantitative estimate of drug-likeness (QED) is 0.375. The number of methoxy groups -OCH3 is 2. The molecule has 3 aromatic carbocycles. The van der Waals surface area contributed by atoms with Gasteiger partial charge in [0.15, 0.2) is 11.6 Å². The monoisotopic (exact) mass is 448 g/mol. The lowest BCUT2D eigenvalue weighted by molar-refractivity contribution is 0.0917. The maximum absolute atomic E-state index is 14.4. The predicted octanol–water partition coefficient (Wildman–Crippen LogP) is 4.32. The number of hydrogen-bond acceptors (Lipinski definition) is 4. The number of aromatic nitrogens is 1. The molecule has 0 bridgehead atoms. The molecule has 170 valence electrons.